The number of nitrogens with one attached hydrogen (secondary N) is 3. The van der Waals surface area contributed by atoms with Crippen LogP contribution in [-0.4, -0.2) is 87.7 Å². The van der Waals surface area contributed by atoms with Gasteiger partial charge in [-0.05, 0) is 38.1 Å². The van der Waals surface area contributed by atoms with E-state index in [1.807, 2.05) is 19.1 Å². The van der Waals surface area contributed by atoms with Gasteiger partial charge in [0, 0.05) is 68.2 Å². The third-order valence-electron chi connectivity index (χ3n) is 6.79. The smallest absolute Gasteiger partial charge is 0.255 e. The third kappa shape index (κ3) is 6.08. The van der Waals surface area contributed by atoms with Gasteiger partial charge in [0.15, 0.2) is 5.82 Å². The molecule has 1 amide bonds. The number of likely N-dealkylation sites (tertiary alicyclic amines) is 1. The molecule has 10 nitrogen and oxygen atoms in total. The van der Waals surface area contributed by atoms with Crippen molar-refractivity contribution in [3.63, 3.8) is 0 Å². The molecule has 2 saturated heterocycles. The Morgan fingerprint density at radius 3 is 2.59 bits per heavy atom. The number of nitrogens with zero attached hydrogens (tertiary/aromatic N) is 6. The highest BCUT2D eigenvalue weighted by molar-refractivity contribution is 6.36. The lowest BCUT2D eigenvalue weighted by Crippen LogP contribution is -2.46. The van der Waals surface area contributed by atoms with E-state index < -0.39 is 0 Å². The highest BCUT2D eigenvalue weighted by atomic mass is 35.5. The van der Waals surface area contributed by atoms with Crippen LogP contribution in [0.25, 0.3) is 0 Å². The van der Waals surface area contributed by atoms with E-state index in [4.69, 9.17) is 33.2 Å². The number of H-pyrrole nitrogens is 1. The first-order valence-corrected chi connectivity index (χ1v) is 13.3. The normalized spacial score (nSPS) is 18.3. The molecule has 2 aliphatic heterocycles. The fourth-order valence-corrected chi connectivity index (χ4v) is 5.20. The van der Waals surface area contributed by atoms with E-state index in [2.05, 4.69) is 37.6 Å². The minimum absolute atomic E-state index is 0.0164. The lowest BCUT2D eigenvalue weighted by molar-refractivity contribution is 0.0791. The second kappa shape index (κ2) is 11.1. The fourth-order valence-electron chi connectivity index (χ4n) is 4.71. The van der Waals surface area contributed by atoms with Crippen LogP contribution < -0.4 is 15.5 Å². The average Bonchev–Trinajstić information content (AvgIpc) is 3.52. The maximum atomic E-state index is 13.1. The third-order valence-corrected chi connectivity index (χ3v) is 7.34. The van der Waals surface area contributed by atoms with Gasteiger partial charge in [-0.15, -0.1) is 0 Å². The van der Waals surface area contributed by atoms with Crippen LogP contribution >= 0.6 is 23.2 Å². The van der Waals surface area contributed by atoms with Gasteiger partial charge in [-0.25, -0.2) is 0 Å². The van der Waals surface area contributed by atoms with Gasteiger partial charge in [0.1, 0.15) is 11.6 Å². The van der Waals surface area contributed by atoms with Crippen molar-refractivity contribution >= 4 is 52.5 Å². The van der Waals surface area contributed by atoms with Crippen molar-refractivity contribution in [3.05, 3.63) is 51.6 Å². The van der Waals surface area contributed by atoms with Crippen LogP contribution in [0.1, 0.15) is 29.4 Å². The molecule has 3 aromatic rings. The molecule has 5 rings (SSSR count). The Morgan fingerprint density at radius 2 is 1.89 bits per heavy atom. The summed E-state index contributed by atoms with van der Waals surface area (Å²) in [5.41, 5.74) is 1.42. The molecule has 4 heterocycles. The molecule has 0 saturated carbocycles. The summed E-state index contributed by atoms with van der Waals surface area (Å²) in [5.74, 6) is 2.64. The quantitative estimate of drug-likeness (QED) is 0.410. The Kier molecular flexibility index (Phi) is 7.68. The van der Waals surface area contributed by atoms with Crippen LogP contribution in [0.4, 0.5) is 23.4 Å². The lowest BCUT2D eigenvalue weighted by atomic mass is 10.2. The summed E-state index contributed by atoms with van der Waals surface area (Å²) in [6.45, 7) is 10.1. The molecule has 1 atom stereocenters. The monoisotopic (exact) mass is 543 g/mol. The predicted octanol–water partition coefficient (Wildman–Crippen LogP) is 4.03. The highest BCUT2D eigenvalue weighted by Gasteiger charge is 2.29. The Balaban J connectivity index is 1.31. The van der Waals surface area contributed by atoms with Crippen molar-refractivity contribution in [3.8, 4) is 0 Å². The molecule has 12 heteroatoms. The van der Waals surface area contributed by atoms with Crippen LogP contribution in [-0.2, 0) is 0 Å². The largest absolute Gasteiger partial charge is 0.354 e. The van der Waals surface area contributed by atoms with Gasteiger partial charge in [-0.2, -0.15) is 15.1 Å². The number of amides is 1. The number of aromatic nitrogens is 4. The topological polar surface area (TPSA) is 105 Å². The Bertz CT molecular complexity index is 1260. The summed E-state index contributed by atoms with van der Waals surface area (Å²) in [6.07, 6.45) is 0.779. The summed E-state index contributed by atoms with van der Waals surface area (Å²) in [6, 6.07) is 8.86. The highest BCUT2D eigenvalue weighted by Crippen LogP contribution is 2.26. The first-order valence-electron chi connectivity index (χ1n) is 12.5. The summed E-state index contributed by atoms with van der Waals surface area (Å²) >= 11 is 12.3. The molecule has 1 aromatic carbocycles. The lowest BCUT2D eigenvalue weighted by Gasteiger charge is -2.35. The van der Waals surface area contributed by atoms with E-state index >= 15 is 0 Å². The van der Waals surface area contributed by atoms with Crippen LogP contribution in [0.5, 0.6) is 0 Å². The second-order valence-electron chi connectivity index (χ2n) is 9.42. The van der Waals surface area contributed by atoms with E-state index in [1.54, 1.807) is 23.1 Å². The van der Waals surface area contributed by atoms with Crippen molar-refractivity contribution < 1.29 is 4.79 Å². The number of benzene rings is 1. The zero-order chi connectivity index (χ0) is 25.9. The number of aryl methyl sites for hydroxylation is 1. The zero-order valence-electron chi connectivity index (χ0n) is 21.0. The number of carbonyl (C=O) groups is 1. The molecule has 196 valence electrons. The number of likely N-dealkylation sites (N-methyl/N-ethyl adjacent to an activating group) is 1. The van der Waals surface area contributed by atoms with E-state index in [1.165, 1.54) is 0 Å². The number of hydrogen-bond acceptors (Lipinski definition) is 8. The van der Waals surface area contributed by atoms with Crippen molar-refractivity contribution in [2.24, 2.45) is 0 Å². The van der Waals surface area contributed by atoms with Gasteiger partial charge in [-0.1, -0.05) is 30.1 Å². The fraction of sp³-hybridized carbons (Fsp3) is 0.440. The minimum atomic E-state index is -0.106. The maximum Gasteiger partial charge on any atom is 0.255 e. The Labute approximate surface area is 226 Å². The van der Waals surface area contributed by atoms with Gasteiger partial charge >= 0.3 is 0 Å². The maximum absolute atomic E-state index is 13.1. The number of aromatic amines is 1. The number of halogens is 2. The van der Waals surface area contributed by atoms with Crippen LogP contribution in [0.15, 0.2) is 30.3 Å². The standard InChI is InChI=1S/C25H31Cl2N9O/c1-3-34-8-10-35(11-9-34)23-14-21(29-22-12-16(2)32-33-22)30-25(31-23)28-18-6-7-36(15-18)24(37)19-5-4-17(26)13-20(19)27/h4-5,12-14,18H,3,6-11,15H2,1-2H3,(H3,28,29,30,31,32,33)/t18-/m0/s1. The number of hydrogen-bond donors (Lipinski definition) is 3. The molecule has 37 heavy (non-hydrogen) atoms. The first-order chi connectivity index (χ1) is 17.9. The SMILES string of the molecule is CCN1CCN(c2cc(Nc3cc(C)[nH]n3)nc(N[C@H]3CCN(C(=O)c4ccc(Cl)cc4Cl)C3)n2)CC1. The zero-order valence-corrected chi connectivity index (χ0v) is 22.5. The summed E-state index contributed by atoms with van der Waals surface area (Å²) in [5, 5.41) is 14.8. The van der Waals surface area contributed by atoms with E-state index in [0.717, 1.165) is 50.7 Å². The Hall–Kier alpha value is -3.08. The molecule has 0 bridgehead atoms. The second-order valence-corrected chi connectivity index (χ2v) is 10.3. The Morgan fingerprint density at radius 1 is 1.08 bits per heavy atom. The minimum Gasteiger partial charge on any atom is -0.354 e. The first kappa shape index (κ1) is 25.6. The van der Waals surface area contributed by atoms with E-state index in [-0.39, 0.29) is 11.9 Å². The van der Waals surface area contributed by atoms with E-state index in [9.17, 15) is 4.79 Å². The summed E-state index contributed by atoms with van der Waals surface area (Å²) in [4.78, 5) is 29.1. The van der Waals surface area contributed by atoms with Gasteiger partial charge in [0.2, 0.25) is 5.95 Å². The van der Waals surface area contributed by atoms with Crippen LogP contribution in [0.3, 0.4) is 0 Å². The van der Waals surface area contributed by atoms with Gasteiger partial charge in [0.05, 0.1) is 10.6 Å². The van der Waals surface area contributed by atoms with Crippen molar-refractivity contribution in [1.29, 1.82) is 0 Å². The summed E-state index contributed by atoms with van der Waals surface area (Å²) < 4.78 is 0. The van der Waals surface area contributed by atoms with Gasteiger partial charge < -0.3 is 25.3 Å². The molecule has 0 aliphatic carbocycles. The van der Waals surface area contributed by atoms with Gasteiger partial charge in [-0.3, -0.25) is 9.89 Å². The average molecular weight is 544 g/mol. The number of rotatable bonds is 7. The number of piperazine rings is 1. The van der Waals surface area contributed by atoms with Gasteiger partial charge in [0.25, 0.3) is 5.91 Å². The molecular formula is C25H31Cl2N9O. The molecule has 2 fully saturated rings. The van der Waals surface area contributed by atoms with Crippen molar-refractivity contribution in [2.45, 2.75) is 26.3 Å². The molecule has 2 aromatic heterocycles. The molecule has 2 aliphatic rings. The van der Waals surface area contributed by atoms with E-state index in [0.29, 0.717) is 46.3 Å². The van der Waals surface area contributed by atoms with Crippen LogP contribution in [0, 0.1) is 6.92 Å². The van der Waals surface area contributed by atoms with Crippen LogP contribution in [0.2, 0.25) is 10.0 Å². The molecule has 0 spiro atoms. The predicted molar refractivity (Wildman–Crippen MR) is 147 cm³/mol. The molecular weight excluding hydrogens is 513 g/mol. The van der Waals surface area contributed by atoms with Crippen molar-refractivity contribution in [2.75, 3.05) is 61.3 Å². The number of carbonyl (C=O) groups excluding carboxylic acids is 1. The van der Waals surface area contributed by atoms with Crippen molar-refractivity contribution in [1.82, 2.24) is 30.0 Å². The molecule has 0 unspecified atom stereocenters. The molecule has 3 N–H and O–H groups in total. The number of anilines is 4. The molecule has 0 radical (unpaired) electrons. The summed E-state index contributed by atoms with van der Waals surface area (Å²) in [7, 11) is 0.